The van der Waals surface area contributed by atoms with Crippen LogP contribution < -0.4 is 4.90 Å². The third-order valence-corrected chi connectivity index (χ3v) is 6.91. The van der Waals surface area contributed by atoms with Crippen molar-refractivity contribution in [3.05, 3.63) is 59.7 Å². The fraction of sp³-hybridized carbons (Fsp3) is 0.429. The van der Waals surface area contributed by atoms with Crippen molar-refractivity contribution in [2.24, 2.45) is 0 Å². The molecule has 0 saturated carbocycles. The molecule has 1 saturated heterocycles. The van der Waals surface area contributed by atoms with E-state index >= 15 is 0 Å². The first-order valence-corrected chi connectivity index (χ1v) is 10.5. The summed E-state index contributed by atoms with van der Waals surface area (Å²) in [4.78, 5) is 2.64. The van der Waals surface area contributed by atoms with Gasteiger partial charge in [0.05, 0.1) is 4.90 Å². The number of rotatable bonds is 3. The van der Waals surface area contributed by atoms with Gasteiger partial charge in [-0.15, -0.1) is 0 Å². The summed E-state index contributed by atoms with van der Waals surface area (Å²) >= 11 is 0. The van der Waals surface area contributed by atoms with Crippen molar-refractivity contribution in [2.75, 3.05) is 31.1 Å². The van der Waals surface area contributed by atoms with Crippen molar-refractivity contribution in [1.82, 2.24) is 4.31 Å². The topological polar surface area (TPSA) is 40.6 Å². The van der Waals surface area contributed by atoms with E-state index < -0.39 is 10.0 Å². The third-order valence-electron chi connectivity index (χ3n) is 5.00. The summed E-state index contributed by atoms with van der Waals surface area (Å²) in [6.45, 7) is 11.0. The smallest absolute Gasteiger partial charge is 0.243 e. The van der Waals surface area contributed by atoms with Crippen LogP contribution in [0, 0.1) is 6.92 Å². The summed E-state index contributed by atoms with van der Waals surface area (Å²) in [6.07, 6.45) is 0. The summed E-state index contributed by atoms with van der Waals surface area (Å²) < 4.78 is 27.2. The minimum Gasteiger partial charge on any atom is -0.369 e. The van der Waals surface area contributed by atoms with Gasteiger partial charge in [-0.25, -0.2) is 8.42 Å². The number of piperazine rings is 1. The van der Waals surface area contributed by atoms with Crippen LogP contribution in [0.15, 0.2) is 53.4 Å². The van der Waals surface area contributed by atoms with E-state index in [0.29, 0.717) is 31.1 Å². The van der Waals surface area contributed by atoms with Crippen LogP contribution >= 0.6 is 0 Å². The van der Waals surface area contributed by atoms with Crippen LogP contribution in [-0.4, -0.2) is 38.9 Å². The second kappa shape index (κ2) is 7.05. The number of aryl methyl sites for hydroxylation is 1. The van der Waals surface area contributed by atoms with Gasteiger partial charge in [-0.05, 0) is 42.2 Å². The lowest BCUT2D eigenvalue weighted by Gasteiger charge is -2.35. The summed E-state index contributed by atoms with van der Waals surface area (Å²) in [7, 11) is -3.40. The Labute approximate surface area is 157 Å². The lowest BCUT2D eigenvalue weighted by molar-refractivity contribution is 0.385. The normalized spacial score (nSPS) is 16.7. The van der Waals surface area contributed by atoms with Gasteiger partial charge in [0, 0.05) is 31.9 Å². The zero-order valence-electron chi connectivity index (χ0n) is 16.1. The zero-order chi connectivity index (χ0) is 18.9. The Morgan fingerprint density at radius 3 is 1.85 bits per heavy atom. The van der Waals surface area contributed by atoms with Crippen LogP contribution in [0.1, 0.15) is 31.9 Å². The Morgan fingerprint density at radius 1 is 0.808 bits per heavy atom. The highest BCUT2D eigenvalue weighted by atomic mass is 32.2. The highest BCUT2D eigenvalue weighted by Gasteiger charge is 2.28. The molecule has 26 heavy (non-hydrogen) atoms. The molecule has 1 heterocycles. The molecule has 4 nitrogen and oxygen atoms in total. The fourth-order valence-corrected chi connectivity index (χ4v) is 4.64. The minimum absolute atomic E-state index is 0.138. The molecule has 3 rings (SSSR count). The van der Waals surface area contributed by atoms with Gasteiger partial charge in [-0.1, -0.05) is 50.6 Å². The maximum Gasteiger partial charge on any atom is 0.243 e. The molecule has 0 radical (unpaired) electrons. The number of benzene rings is 2. The lowest BCUT2D eigenvalue weighted by Crippen LogP contribution is -2.48. The number of hydrogen-bond acceptors (Lipinski definition) is 3. The molecular formula is C21H28N2O2S. The van der Waals surface area contributed by atoms with E-state index in [1.54, 1.807) is 16.4 Å². The number of hydrogen-bond donors (Lipinski definition) is 0. The summed E-state index contributed by atoms with van der Waals surface area (Å²) in [5.74, 6) is 0. The molecule has 0 spiro atoms. The molecular weight excluding hydrogens is 344 g/mol. The van der Waals surface area contributed by atoms with Gasteiger partial charge in [0.1, 0.15) is 0 Å². The Bertz CT molecular complexity index is 842. The quantitative estimate of drug-likeness (QED) is 0.823. The number of sulfonamides is 1. The van der Waals surface area contributed by atoms with Gasteiger partial charge in [0.15, 0.2) is 0 Å². The summed E-state index contributed by atoms with van der Waals surface area (Å²) in [6, 6.07) is 15.7. The molecule has 0 unspecified atom stereocenters. The third kappa shape index (κ3) is 3.94. The molecule has 1 fully saturated rings. The van der Waals surface area contributed by atoms with E-state index in [9.17, 15) is 8.42 Å². The standard InChI is InChI=1S/C21H28N2O2S/c1-17-5-11-20(12-6-17)26(24,25)23-15-13-22(14-16-23)19-9-7-18(8-10-19)21(2,3)4/h5-12H,13-16H2,1-4H3. The zero-order valence-corrected chi connectivity index (χ0v) is 16.9. The first kappa shape index (κ1) is 18.9. The second-order valence-corrected chi connectivity index (χ2v) is 9.94. The van der Waals surface area contributed by atoms with Crippen molar-refractivity contribution in [2.45, 2.75) is 38.0 Å². The lowest BCUT2D eigenvalue weighted by atomic mass is 9.87. The molecule has 1 aliphatic heterocycles. The highest BCUT2D eigenvalue weighted by Crippen LogP contribution is 2.26. The highest BCUT2D eigenvalue weighted by molar-refractivity contribution is 7.89. The van der Waals surface area contributed by atoms with Crippen molar-refractivity contribution >= 4 is 15.7 Å². The fourth-order valence-electron chi connectivity index (χ4n) is 3.22. The summed E-state index contributed by atoms with van der Waals surface area (Å²) in [5.41, 5.74) is 3.67. The molecule has 1 aliphatic rings. The molecule has 140 valence electrons. The van der Waals surface area contributed by atoms with Gasteiger partial charge in [0.25, 0.3) is 0 Å². The van der Waals surface area contributed by atoms with Crippen LogP contribution in [0.2, 0.25) is 0 Å². The van der Waals surface area contributed by atoms with Crippen molar-refractivity contribution in [3.8, 4) is 0 Å². The van der Waals surface area contributed by atoms with Gasteiger partial charge in [-0.3, -0.25) is 0 Å². The molecule has 2 aromatic carbocycles. The van der Waals surface area contributed by atoms with Crippen LogP contribution in [0.5, 0.6) is 0 Å². The maximum atomic E-state index is 12.8. The number of anilines is 1. The second-order valence-electron chi connectivity index (χ2n) is 8.00. The van der Waals surface area contributed by atoms with Crippen molar-refractivity contribution in [3.63, 3.8) is 0 Å². The number of nitrogens with zero attached hydrogens (tertiary/aromatic N) is 2. The Balaban J connectivity index is 1.68. The van der Waals surface area contributed by atoms with E-state index in [0.717, 1.165) is 11.3 Å². The van der Waals surface area contributed by atoms with Gasteiger partial charge < -0.3 is 4.90 Å². The minimum atomic E-state index is -3.40. The Hall–Kier alpha value is -1.85. The maximum absolute atomic E-state index is 12.8. The molecule has 0 N–H and O–H groups in total. The van der Waals surface area contributed by atoms with E-state index in [2.05, 4.69) is 49.9 Å². The van der Waals surface area contributed by atoms with Crippen LogP contribution in [0.25, 0.3) is 0 Å². The van der Waals surface area contributed by atoms with E-state index in [1.807, 2.05) is 19.1 Å². The van der Waals surface area contributed by atoms with Crippen molar-refractivity contribution in [1.29, 1.82) is 0 Å². The average Bonchev–Trinajstić information content (AvgIpc) is 2.62. The van der Waals surface area contributed by atoms with Crippen LogP contribution in [-0.2, 0) is 15.4 Å². The van der Waals surface area contributed by atoms with Gasteiger partial charge in [-0.2, -0.15) is 4.31 Å². The van der Waals surface area contributed by atoms with E-state index in [4.69, 9.17) is 0 Å². The van der Waals surface area contributed by atoms with Crippen LogP contribution in [0.4, 0.5) is 5.69 Å². The Morgan fingerprint density at radius 2 is 1.35 bits per heavy atom. The Kier molecular flexibility index (Phi) is 5.13. The van der Waals surface area contributed by atoms with Crippen LogP contribution in [0.3, 0.4) is 0 Å². The molecule has 5 heteroatoms. The first-order chi connectivity index (χ1) is 12.2. The summed E-state index contributed by atoms with van der Waals surface area (Å²) in [5, 5.41) is 0. The van der Waals surface area contributed by atoms with Gasteiger partial charge in [0.2, 0.25) is 10.0 Å². The predicted octanol–water partition coefficient (Wildman–Crippen LogP) is 3.80. The SMILES string of the molecule is Cc1ccc(S(=O)(=O)N2CCN(c3ccc(C(C)(C)C)cc3)CC2)cc1. The predicted molar refractivity (Wildman–Crippen MR) is 107 cm³/mol. The molecule has 0 aliphatic carbocycles. The largest absolute Gasteiger partial charge is 0.369 e. The average molecular weight is 373 g/mol. The monoisotopic (exact) mass is 372 g/mol. The molecule has 0 aromatic heterocycles. The van der Waals surface area contributed by atoms with Gasteiger partial charge >= 0.3 is 0 Å². The molecule has 0 atom stereocenters. The van der Waals surface area contributed by atoms with E-state index in [1.165, 1.54) is 5.56 Å². The molecule has 2 aromatic rings. The first-order valence-electron chi connectivity index (χ1n) is 9.10. The molecule has 0 amide bonds. The van der Waals surface area contributed by atoms with Crippen molar-refractivity contribution < 1.29 is 8.42 Å². The molecule has 0 bridgehead atoms. The van der Waals surface area contributed by atoms with E-state index in [-0.39, 0.29) is 5.41 Å².